The van der Waals surface area contributed by atoms with Crippen molar-refractivity contribution in [3.63, 3.8) is 0 Å². The maximum atomic E-state index is 12.8. The highest BCUT2D eigenvalue weighted by atomic mass is 32.1. The Bertz CT molecular complexity index is 922. The topological polar surface area (TPSA) is 78.6 Å². The number of amides is 2. The second-order valence-electron chi connectivity index (χ2n) is 6.86. The fourth-order valence-electron chi connectivity index (χ4n) is 3.61. The summed E-state index contributed by atoms with van der Waals surface area (Å²) in [7, 11) is 0. The molecule has 4 rings (SSSR count). The Hall–Kier alpha value is -2.38. The van der Waals surface area contributed by atoms with Crippen LogP contribution in [0, 0.1) is 0 Å². The molecule has 0 spiro atoms. The van der Waals surface area contributed by atoms with Crippen LogP contribution in [-0.2, 0) is 6.42 Å². The van der Waals surface area contributed by atoms with E-state index in [0.29, 0.717) is 23.9 Å². The molecule has 6 nitrogen and oxygen atoms in total. The molecule has 0 radical (unpaired) electrons. The van der Waals surface area contributed by atoms with E-state index in [-0.39, 0.29) is 12.1 Å². The van der Waals surface area contributed by atoms with Crippen LogP contribution >= 0.6 is 11.3 Å². The number of carbonyl (C=O) groups excluding carboxylic acids is 1. The standard InChI is InChI=1S/C20H23N3O3S/c1-2-13-7-8-15-18(11-13)27-19(21-15)22-20(25)23-9-3-5-14(23)12-16(24)17-6-4-10-26-17/h4,6-8,10-11,14,16,24H,2-3,5,9,12H2,1H3,(H,21,22,25)/t14-,16-/m1/s1. The first-order chi connectivity index (χ1) is 13.1. The van der Waals surface area contributed by atoms with E-state index in [1.807, 2.05) is 6.07 Å². The van der Waals surface area contributed by atoms with Crippen molar-refractivity contribution in [2.24, 2.45) is 0 Å². The molecule has 7 heteroatoms. The fraction of sp³-hybridized carbons (Fsp3) is 0.400. The van der Waals surface area contributed by atoms with Gasteiger partial charge < -0.3 is 14.4 Å². The van der Waals surface area contributed by atoms with Gasteiger partial charge in [0.05, 0.1) is 16.5 Å². The van der Waals surface area contributed by atoms with E-state index in [2.05, 4.69) is 29.4 Å². The van der Waals surface area contributed by atoms with Gasteiger partial charge in [0, 0.05) is 19.0 Å². The van der Waals surface area contributed by atoms with Gasteiger partial charge in [-0.3, -0.25) is 5.32 Å². The molecule has 0 unspecified atom stereocenters. The van der Waals surface area contributed by atoms with Crippen molar-refractivity contribution in [2.45, 2.75) is 44.8 Å². The van der Waals surface area contributed by atoms with Crippen LogP contribution < -0.4 is 5.32 Å². The van der Waals surface area contributed by atoms with Crippen LogP contribution in [-0.4, -0.2) is 33.6 Å². The average Bonchev–Trinajstić information content (AvgIpc) is 3.40. The van der Waals surface area contributed by atoms with Crippen molar-refractivity contribution in [3.8, 4) is 0 Å². The molecule has 3 heterocycles. The molecule has 1 aliphatic rings. The highest BCUT2D eigenvalue weighted by Gasteiger charge is 2.31. The van der Waals surface area contributed by atoms with Gasteiger partial charge in [-0.15, -0.1) is 0 Å². The molecule has 0 aliphatic carbocycles. The number of hydrogen-bond acceptors (Lipinski definition) is 5. The number of benzene rings is 1. The minimum absolute atomic E-state index is 0.00817. The summed E-state index contributed by atoms with van der Waals surface area (Å²) in [5.41, 5.74) is 2.16. The van der Waals surface area contributed by atoms with E-state index < -0.39 is 6.10 Å². The molecule has 2 aromatic heterocycles. The number of anilines is 1. The largest absolute Gasteiger partial charge is 0.467 e. The van der Waals surface area contributed by atoms with Crippen molar-refractivity contribution in [3.05, 3.63) is 47.9 Å². The van der Waals surface area contributed by atoms with Crippen LogP contribution in [0.5, 0.6) is 0 Å². The van der Waals surface area contributed by atoms with Gasteiger partial charge in [-0.05, 0) is 49.1 Å². The molecule has 0 bridgehead atoms. The van der Waals surface area contributed by atoms with Gasteiger partial charge in [-0.1, -0.05) is 24.3 Å². The van der Waals surface area contributed by atoms with Crippen LogP contribution in [0.15, 0.2) is 41.0 Å². The number of aliphatic hydroxyl groups excluding tert-OH is 1. The van der Waals surface area contributed by atoms with Crippen molar-refractivity contribution >= 4 is 32.7 Å². The summed E-state index contributed by atoms with van der Waals surface area (Å²) >= 11 is 1.49. The van der Waals surface area contributed by atoms with E-state index >= 15 is 0 Å². The van der Waals surface area contributed by atoms with Crippen molar-refractivity contribution in [1.29, 1.82) is 0 Å². The number of nitrogens with zero attached hydrogens (tertiary/aromatic N) is 2. The molecule has 3 aromatic rings. The molecule has 27 heavy (non-hydrogen) atoms. The summed E-state index contributed by atoms with van der Waals surface area (Å²) in [6, 6.07) is 9.55. The van der Waals surface area contributed by atoms with Gasteiger partial charge >= 0.3 is 6.03 Å². The highest BCUT2D eigenvalue weighted by Crippen LogP contribution is 2.30. The quantitative estimate of drug-likeness (QED) is 0.674. The van der Waals surface area contributed by atoms with Crippen LogP contribution in [0.1, 0.15) is 43.6 Å². The predicted octanol–water partition coefficient (Wildman–Crippen LogP) is 4.57. The van der Waals surface area contributed by atoms with Crippen molar-refractivity contribution < 1.29 is 14.3 Å². The molecule has 142 valence electrons. The maximum Gasteiger partial charge on any atom is 0.323 e. The normalized spacial score (nSPS) is 18.1. The molecular formula is C20H23N3O3S. The molecule has 2 atom stereocenters. The summed E-state index contributed by atoms with van der Waals surface area (Å²) in [6.45, 7) is 2.81. The third kappa shape index (κ3) is 3.84. The van der Waals surface area contributed by atoms with Gasteiger partial charge in [-0.25, -0.2) is 9.78 Å². The smallest absolute Gasteiger partial charge is 0.323 e. The van der Waals surface area contributed by atoms with E-state index in [4.69, 9.17) is 4.42 Å². The third-order valence-corrected chi connectivity index (χ3v) is 6.01. The Morgan fingerprint density at radius 1 is 1.48 bits per heavy atom. The molecule has 1 saturated heterocycles. The number of aromatic nitrogens is 1. The van der Waals surface area contributed by atoms with Crippen LogP contribution in [0.2, 0.25) is 0 Å². The van der Waals surface area contributed by atoms with E-state index in [1.54, 1.807) is 23.3 Å². The first-order valence-electron chi connectivity index (χ1n) is 9.32. The summed E-state index contributed by atoms with van der Waals surface area (Å²) in [5.74, 6) is 0.542. The lowest BCUT2D eigenvalue weighted by molar-refractivity contribution is 0.110. The number of rotatable bonds is 5. The zero-order valence-electron chi connectivity index (χ0n) is 15.2. The van der Waals surface area contributed by atoms with E-state index in [0.717, 1.165) is 29.5 Å². The Labute approximate surface area is 161 Å². The maximum absolute atomic E-state index is 12.8. The molecule has 1 fully saturated rings. The lowest BCUT2D eigenvalue weighted by Crippen LogP contribution is -2.39. The number of urea groups is 1. The van der Waals surface area contributed by atoms with E-state index in [9.17, 15) is 9.90 Å². The van der Waals surface area contributed by atoms with Crippen molar-refractivity contribution in [2.75, 3.05) is 11.9 Å². The number of hydrogen-bond donors (Lipinski definition) is 2. The molecule has 0 saturated carbocycles. The second kappa shape index (κ2) is 7.70. The van der Waals surface area contributed by atoms with Crippen molar-refractivity contribution in [1.82, 2.24) is 9.88 Å². The lowest BCUT2D eigenvalue weighted by atomic mass is 10.1. The Morgan fingerprint density at radius 3 is 3.15 bits per heavy atom. The minimum atomic E-state index is -0.701. The second-order valence-corrected chi connectivity index (χ2v) is 7.89. The number of thiazole rings is 1. The van der Waals surface area contributed by atoms with Crippen LogP contribution in [0.25, 0.3) is 10.2 Å². The Morgan fingerprint density at radius 2 is 2.37 bits per heavy atom. The number of nitrogens with one attached hydrogen (secondary N) is 1. The van der Waals surface area contributed by atoms with Crippen LogP contribution in [0.3, 0.4) is 0 Å². The Kier molecular flexibility index (Phi) is 5.13. The average molecular weight is 385 g/mol. The van der Waals surface area contributed by atoms with Gasteiger partial charge in [0.15, 0.2) is 5.13 Å². The van der Waals surface area contributed by atoms with Gasteiger partial charge in [0.1, 0.15) is 11.9 Å². The number of aryl methyl sites for hydroxylation is 1. The molecular weight excluding hydrogens is 362 g/mol. The molecule has 2 N–H and O–H groups in total. The van der Waals surface area contributed by atoms with Gasteiger partial charge in [0.2, 0.25) is 0 Å². The van der Waals surface area contributed by atoms with Gasteiger partial charge in [0.25, 0.3) is 0 Å². The third-order valence-electron chi connectivity index (χ3n) is 5.08. The first-order valence-corrected chi connectivity index (χ1v) is 10.1. The number of fused-ring (bicyclic) bond motifs is 1. The predicted molar refractivity (Wildman–Crippen MR) is 106 cm³/mol. The lowest BCUT2D eigenvalue weighted by Gasteiger charge is -2.25. The molecule has 2 amide bonds. The fourth-order valence-corrected chi connectivity index (χ4v) is 4.53. The van der Waals surface area contributed by atoms with Crippen LogP contribution in [0.4, 0.5) is 9.93 Å². The summed E-state index contributed by atoms with van der Waals surface area (Å²) in [4.78, 5) is 19.1. The first kappa shape index (κ1) is 18.0. The van der Waals surface area contributed by atoms with E-state index in [1.165, 1.54) is 16.9 Å². The highest BCUT2D eigenvalue weighted by molar-refractivity contribution is 7.22. The molecule has 1 aliphatic heterocycles. The number of carbonyl (C=O) groups is 1. The summed E-state index contributed by atoms with van der Waals surface area (Å²) < 4.78 is 6.35. The monoisotopic (exact) mass is 385 g/mol. The number of likely N-dealkylation sites (tertiary alicyclic amines) is 1. The summed E-state index contributed by atoms with van der Waals surface area (Å²) in [5, 5.41) is 13.9. The van der Waals surface area contributed by atoms with Gasteiger partial charge in [-0.2, -0.15) is 0 Å². The zero-order chi connectivity index (χ0) is 18.8. The summed E-state index contributed by atoms with van der Waals surface area (Å²) in [6.07, 6.45) is 4.11. The zero-order valence-corrected chi connectivity index (χ0v) is 16.0. The SMILES string of the molecule is CCc1ccc2nc(NC(=O)N3CCC[C@@H]3C[C@@H](O)c3ccco3)sc2c1. The minimum Gasteiger partial charge on any atom is -0.467 e. The Balaban J connectivity index is 1.43. The number of aliphatic hydroxyl groups is 1. The number of furan rings is 1. The molecule has 1 aromatic carbocycles.